The first kappa shape index (κ1) is 22.0. The van der Waals surface area contributed by atoms with Crippen molar-refractivity contribution in [2.24, 2.45) is 5.92 Å². The Morgan fingerprint density at radius 2 is 1.75 bits per heavy atom. The third-order valence-corrected chi connectivity index (χ3v) is 5.03. The first-order chi connectivity index (χ1) is 13.4. The Labute approximate surface area is 168 Å². The molecule has 0 spiro atoms. The van der Waals surface area contributed by atoms with Gasteiger partial charge in [-0.15, -0.1) is 0 Å². The number of nitrogens with one attached hydrogen (secondary N) is 1. The summed E-state index contributed by atoms with van der Waals surface area (Å²) >= 11 is 0. The molecule has 1 unspecified atom stereocenters. The van der Waals surface area contributed by atoms with E-state index in [9.17, 15) is 9.90 Å². The summed E-state index contributed by atoms with van der Waals surface area (Å²) in [7, 11) is 0. The first-order valence-corrected chi connectivity index (χ1v) is 10.1. The van der Waals surface area contributed by atoms with E-state index in [0.29, 0.717) is 12.5 Å². The van der Waals surface area contributed by atoms with E-state index in [0.717, 1.165) is 29.7 Å². The predicted octanol–water partition coefficient (Wildman–Crippen LogP) is 4.63. The summed E-state index contributed by atoms with van der Waals surface area (Å²) in [5, 5.41) is 12.9. The van der Waals surface area contributed by atoms with Crippen molar-refractivity contribution >= 4 is 5.91 Å². The molecule has 0 heterocycles. The average Bonchev–Trinajstić information content (AvgIpc) is 2.68. The Hall–Kier alpha value is -2.33. The lowest BCUT2D eigenvalue weighted by Gasteiger charge is -2.29. The summed E-state index contributed by atoms with van der Waals surface area (Å²) in [5.41, 5.74) is 1.27. The summed E-state index contributed by atoms with van der Waals surface area (Å²) in [6.07, 6.45) is 2.29. The maximum absolute atomic E-state index is 12.8. The highest BCUT2D eigenvalue weighted by molar-refractivity contribution is 5.84. The highest BCUT2D eigenvalue weighted by atomic mass is 16.5. The van der Waals surface area contributed by atoms with Gasteiger partial charge in [-0.3, -0.25) is 4.79 Å². The molecule has 0 fully saturated rings. The quantitative estimate of drug-likeness (QED) is 0.629. The molecule has 0 bridgehead atoms. The molecule has 4 nitrogen and oxygen atoms in total. The minimum atomic E-state index is -0.615. The van der Waals surface area contributed by atoms with Gasteiger partial charge in [-0.05, 0) is 49.4 Å². The standard InChI is InChI=1S/C24H33NO3/c1-5-9-18(2)17-28-21-14-12-19(13-15-21)22(16-26)23(27)25-24(3,4)20-10-7-6-8-11-20/h6-8,10-15,18,22,26H,5,9,16-17H2,1-4H3,(H,25,27)/t18?,22-/m1/s1. The third kappa shape index (κ3) is 6.10. The molecule has 0 saturated carbocycles. The Bertz CT molecular complexity index is 725. The van der Waals surface area contributed by atoms with Crippen LogP contribution < -0.4 is 10.1 Å². The van der Waals surface area contributed by atoms with Crippen molar-refractivity contribution < 1.29 is 14.6 Å². The van der Waals surface area contributed by atoms with Gasteiger partial charge in [0.1, 0.15) is 5.75 Å². The molecule has 0 aliphatic rings. The molecule has 1 amide bonds. The van der Waals surface area contributed by atoms with Gasteiger partial charge in [-0.1, -0.05) is 62.7 Å². The Kier molecular flexibility index (Phi) is 8.06. The van der Waals surface area contributed by atoms with Crippen LogP contribution in [0, 0.1) is 5.92 Å². The fourth-order valence-corrected chi connectivity index (χ4v) is 3.27. The van der Waals surface area contributed by atoms with Crippen molar-refractivity contribution in [2.75, 3.05) is 13.2 Å². The molecule has 28 heavy (non-hydrogen) atoms. The SMILES string of the molecule is CCCC(C)COc1ccc([C@@H](CO)C(=O)NC(C)(C)c2ccccc2)cc1. The van der Waals surface area contributed by atoms with Gasteiger partial charge in [-0.25, -0.2) is 0 Å². The highest BCUT2D eigenvalue weighted by Gasteiger charge is 2.27. The summed E-state index contributed by atoms with van der Waals surface area (Å²) in [6.45, 7) is 8.71. The van der Waals surface area contributed by atoms with Crippen LogP contribution in [0.15, 0.2) is 54.6 Å². The second-order valence-electron chi connectivity index (χ2n) is 7.99. The van der Waals surface area contributed by atoms with E-state index in [4.69, 9.17) is 4.74 Å². The molecule has 0 saturated heterocycles. The zero-order valence-corrected chi connectivity index (χ0v) is 17.4. The summed E-state index contributed by atoms with van der Waals surface area (Å²) in [6, 6.07) is 17.3. The number of aliphatic hydroxyl groups excluding tert-OH is 1. The zero-order valence-electron chi connectivity index (χ0n) is 17.4. The minimum absolute atomic E-state index is 0.193. The van der Waals surface area contributed by atoms with Crippen molar-refractivity contribution in [2.45, 2.75) is 52.0 Å². The van der Waals surface area contributed by atoms with E-state index in [-0.39, 0.29) is 12.5 Å². The van der Waals surface area contributed by atoms with Gasteiger partial charge in [0.05, 0.1) is 24.7 Å². The minimum Gasteiger partial charge on any atom is -0.493 e. The van der Waals surface area contributed by atoms with Crippen LogP contribution in [0.4, 0.5) is 0 Å². The number of ether oxygens (including phenoxy) is 1. The largest absolute Gasteiger partial charge is 0.493 e. The third-order valence-electron chi connectivity index (χ3n) is 5.03. The van der Waals surface area contributed by atoms with Crippen LogP contribution in [0.2, 0.25) is 0 Å². The van der Waals surface area contributed by atoms with Crippen LogP contribution in [0.25, 0.3) is 0 Å². The van der Waals surface area contributed by atoms with E-state index < -0.39 is 11.5 Å². The molecule has 152 valence electrons. The molecular formula is C24H33NO3. The van der Waals surface area contributed by atoms with Crippen LogP contribution in [0.1, 0.15) is 57.6 Å². The van der Waals surface area contributed by atoms with E-state index in [1.165, 1.54) is 0 Å². The van der Waals surface area contributed by atoms with Crippen molar-refractivity contribution in [3.8, 4) is 5.75 Å². The number of carbonyl (C=O) groups is 1. The van der Waals surface area contributed by atoms with Crippen molar-refractivity contribution in [3.05, 3.63) is 65.7 Å². The number of carbonyl (C=O) groups excluding carboxylic acids is 1. The van der Waals surface area contributed by atoms with E-state index in [2.05, 4.69) is 19.2 Å². The van der Waals surface area contributed by atoms with Crippen LogP contribution in [-0.4, -0.2) is 24.2 Å². The lowest BCUT2D eigenvalue weighted by molar-refractivity contribution is -0.125. The maximum Gasteiger partial charge on any atom is 0.230 e. The van der Waals surface area contributed by atoms with Crippen molar-refractivity contribution in [1.29, 1.82) is 0 Å². The Balaban J connectivity index is 2.02. The van der Waals surface area contributed by atoms with E-state index in [1.54, 1.807) is 0 Å². The number of hydrogen-bond acceptors (Lipinski definition) is 3. The fraction of sp³-hybridized carbons (Fsp3) is 0.458. The van der Waals surface area contributed by atoms with Crippen LogP contribution in [0.5, 0.6) is 5.75 Å². The topological polar surface area (TPSA) is 58.6 Å². The number of amides is 1. The van der Waals surface area contributed by atoms with E-state index >= 15 is 0 Å². The molecular weight excluding hydrogens is 350 g/mol. The Morgan fingerprint density at radius 3 is 2.32 bits per heavy atom. The second kappa shape index (κ2) is 10.3. The number of aliphatic hydroxyl groups is 1. The van der Waals surface area contributed by atoms with Crippen molar-refractivity contribution in [3.63, 3.8) is 0 Å². The number of benzene rings is 2. The monoisotopic (exact) mass is 383 g/mol. The highest BCUT2D eigenvalue weighted by Crippen LogP contribution is 2.24. The van der Waals surface area contributed by atoms with Gasteiger partial charge >= 0.3 is 0 Å². The van der Waals surface area contributed by atoms with Gasteiger partial charge in [-0.2, -0.15) is 0 Å². The van der Waals surface area contributed by atoms with Gasteiger partial charge in [0.15, 0.2) is 0 Å². The molecule has 0 aromatic heterocycles. The second-order valence-corrected chi connectivity index (χ2v) is 7.99. The fourth-order valence-electron chi connectivity index (χ4n) is 3.27. The molecule has 2 aromatic carbocycles. The summed E-state index contributed by atoms with van der Waals surface area (Å²) < 4.78 is 5.82. The normalized spacial score (nSPS) is 13.6. The van der Waals surface area contributed by atoms with Crippen LogP contribution in [-0.2, 0) is 10.3 Å². The summed E-state index contributed by atoms with van der Waals surface area (Å²) in [5.74, 6) is 0.493. The molecule has 2 atom stereocenters. The van der Waals surface area contributed by atoms with Crippen LogP contribution in [0.3, 0.4) is 0 Å². The van der Waals surface area contributed by atoms with Gasteiger partial charge in [0.2, 0.25) is 5.91 Å². The molecule has 4 heteroatoms. The first-order valence-electron chi connectivity index (χ1n) is 10.1. The lowest BCUT2D eigenvalue weighted by atomic mass is 9.92. The molecule has 2 rings (SSSR count). The maximum atomic E-state index is 12.8. The number of hydrogen-bond donors (Lipinski definition) is 2. The molecule has 2 aromatic rings. The lowest BCUT2D eigenvalue weighted by Crippen LogP contribution is -2.44. The number of rotatable bonds is 10. The van der Waals surface area contributed by atoms with Crippen LogP contribution >= 0.6 is 0 Å². The molecule has 0 radical (unpaired) electrons. The molecule has 2 N–H and O–H groups in total. The smallest absolute Gasteiger partial charge is 0.230 e. The molecule has 0 aliphatic carbocycles. The van der Waals surface area contributed by atoms with Gasteiger partial charge in [0, 0.05) is 0 Å². The zero-order chi connectivity index (χ0) is 20.6. The predicted molar refractivity (Wildman–Crippen MR) is 113 cm³/mol. The van der Waals surface area contributed by atoms with Crippen molar-refractivity contribution in [1.82, 2.24) is 5.32 Å². The van der Waals surface area contributed by atoms with Gasteiger partial charge < -0.3 is 15.2 Å². The average molecular weight is 384 g/mol. The Morgan fingerprint density at radius 1 is 1.11 bits per heavy atom. The molecule has 0 aliphatic heterocycles. The summed E-state index contributed by atoms with van der Waals surface area (Å²) in [4.78, 5) is 12.8. The van der Waals surface area contributed by atoms with E-state index in [1.807, 2.05) is 68.4 Å². The van der Waals surface area contributed by atoms with Gasteiger partial charge in [0.25, 0.3) is 0 Å².